The van der Waals surface area contributed by atoms with E-state index in [0.717, 1.165) is 10.4 Å². The zero-order valence-corrected chi connectivity index (χ0v) is 30.0. The van der Waals surface area contributed by atoms with Crippen molar-refractivity contribution >= 4 is 81.1 Å². The molecule has 258 valence electrons. The molecule has 0 spiro atoms. The van der Waals surface area contributed by atoms with Crippen LogP contribution in [0.25, 0.3) is 6.08 Å². The molecule has 0 fully saturated rings. The summed E-state index contributed by atoms with van der Waals surface area (Å²) >= 11 is 8.95. The number of thioether (sulfide) groups is 1. The molecule has 3 N–H and O–H groups in total. The minimum Gasteiger partial charge on any atom is -0.465 e. The highest BCUT2D eigenvalue weighted by atomic mass is 35.5. The van der Waals surface area contributed by atoms with E-state index in [2.05, 4.69) is 16.0 Å². The standard InChI is InChI=1S/C37H35ClN4O6S2/c1-4-30(35(46)41-36-32(37(47)48-3)27-17-18-42(22(2)43)21-31(27)50-36)49-26-15-10-14-25(20-26)39-34(45)29(19-24-13-8-9-16-28(24)38)40-33(44)23-11-6-5-7-12-23/h5-16,19-20,30H,4,17-18,21H2,1-3H3,(H,39,45)(H,40,44)(H,41,46)/b29-19+. The van der Waals surface area contributed by atoms with Crippen LogP contribution >= 0.6 is 34.7 Å². The zero-order chi connectivity index (χ0) is 35.8. The van der Waals surface area contributed by atoms with Crippen LogP contribution < -0.4 is 16.0 Å². The van der Waals surface area contributed by atoms with Gasteiger partial charge < -0.3 is 25.6 Å². The summed E-state index contributed by atoms with van der Waals surface area (Å²) in [6, 6.07) is 22.5. The zero-order valence-electron chi connectivity index (χ0n) is 27.6. The number of nitrogens with zero attached hydrogens (tertiary/aromatic N) is 1. The summed E-state index contributed by atoms with van der Waals surface area (Å²) in [6.07, 6.45) is 2.47. The highest BCUT2D eigenvalue weighted by Gasteiger charge is 2.31. The number of thiophene rings is 1. The van der Waals surface area contributed by atoms with Crippen molar-refractivity contribution in [1.29, 1.82) is 0 Å². The maximum Gasteiger partial charge on any atom is 0.341 e. The van der Waals surface area contributed by atoms with Crippen LogP contribution in [-0.4, -0.2) is 53.4 Å². The maximum atomic E-state index is 13.6. The number of methoxy groups -OCH3 is 1. The van der Waals surface area contributed by atoms with Gasteiger partial charge in [0.2, 0.25) is 11.8 Å². The minimum absolute atomic E-state index is 0.0118. The molecule has 4 aromatic rings. The van der Waals surface area contributed by atoms with Crippen molar-refractivity contribution in [2.24, 2.45) is 0 Å². The fourth-order valence-electron chi connectivity index (χ4n) is 5.29. The first-order valence-corrected chi connectivity index (χ1v) is 17.8. The number of halogens is 1. The van der Waals surface area contributed by atoms with Crippen LogP contribution in [0.15, 0.2) is 89.5 Å². The number of amides is 4. The van der Waals surface area contributed by atoms with Gasteiger partial charge in [-0.25, -0.2) is 4.79 Å². The molecule has 0 saturated carbocycles. The molecule has 0 saturated heterocycles. The first kappa shape index (κ1) is 36.4. The molecule has 5 rings (SSSR count). The Balaban J connectivity index is 1.32. The van der Waals surface area contributed by atoms with Gasteiger partial charge in [0.15, 0.2) is 0 Å². The summed E-state index contributed by atoms with van der Waals surface area (Å²) in [6.45, 7) is 4.24. The highest BCUT2D eigenvalue weighted by molar-refractivity contribution is 8.00. The lowest BCUT2D eigenvalue weighted by Gasteiger charge is -2.25. The van der Waals surface area contributed by atoms with E-state index in [1.807, 2.05) is 13.0 Å². The normalized spacial score (nSPS) is 13.1. The fraction of sp³-hybridized carbons (Fsp3) is 0.216. The van der Waals surface area contributed by atoms with Crippen molar-refractivity contribution in [3.8, 4) is 0 Å². The van der Waals surface area contributed by atoms with E-state index >= 15 is 0 Å². The fourth-order valence-corrected chi connectivity index (χ4v) is 7.75. The van der Waals surface area contributed by atoms with Gasteiger partial charge in [-0.05, 0) is 66.4 Å². The summed E-state index contributed by atoms with van der Waals surface area (Å²) in [5, 5.41) is 8.77. The summed E-state index contributed by atoms with van der Waals surface area (Å²) < 4.78 is 5.05. The quantitative estimate of drug-likeness (QED) is 0.0859. The molecule has 1 atom stereocenters. The largest absolute Gasteiger partial charge is 0.465 e. The summed E-state index contributed by atoms with van der Waals surface area (Å²) in [7, 11) is 1.30. The Morgan fingerprint density at radius 1 is 1.00 bits per heavy atom. The van der Waals surface area contributed by atoms with Gasteiger partial charge >= 0.3 is 5.97 Å². The van der Waals surface area contributed by atoms with E-state index in [0.29, 0.717) is 63.2 Å². The van der Waals surface area contributed by atoms with Gasteiger partial charge in [0.25, 0.3) is 11.8 Å². The van der Waals surface area contributed by atoms with E-state index in [4.69, 9.17) is 16.3 Å². The van der Waals surface area contributed by atoms with Crippen LogP contribution in [0, 0.1) is 0 Å². The van der Waals surface area contributed by atoms with E-state index in [1.54, 1.807) is 77.7 Å². The first-order chi connectivity index (χ1) is 24.1. The summed E-state index contributed by atoms with van der Waals surface area (Å²) in [5.74, 6) is -1.92. The molecule has 1 aliphatic rings. The van der Waals surface area contributed by atoms with E-state index in [-0.39, 0.29) is 17.5 Å². The Morgan fingerprint density at radius 2 is 1.74 bits per heavy atom. The maximum absolute atomic E-state index is 13.6. The second-order valence-corrected chi connectivity index (χ2v) is 14.1. The molecule has 0 bridgehead atoms. The van der Waals surface area contributed by atoms with Crippen molar-refractivity contribution in [1.82, 2.24) is 10.2 Å². The molecule has 1 aliphatic heterocycles. The van der Waals surface area contributed by atoms with Gasteiger partial charge in [-0.2, -0.15) is 0 Å². The van der Waals surface area contributed by atoms with Crippen LogP contribution in [0.3, 0.4) is 0 Å². The third kappa shape index (κ3) is 8.81. The Morgan fingerprint density at radius 3 is 2.44 bits per heavy atom. The second-order valence-electron chi connectivity index (χ2n) is 11.3. The lowest BCUT2D eigenvalue weighted by molar-refractivity contribution is -0.129. The molecule has 2 heterocycles. The predicted octanol–water partition coefficient (Wildman–Crippen LogP) is 7.01. The number of nitrogens with one attached hydrogen (secondary N) is 3. The van der Waals surface area contributed by atoms with Gasteiger partial charge in [-0.15, -0.1) is 23.1 Å². The van der Waals surface area contributed by atoms with Crippen LogP contribution in [0.5, 0.6) is 0 Å². The lowest BCUT2D eigenvalue weighted by Crippen LogP contribution is -2.34. The van der Waals surface area contributed by atoms with E-state index in [1.165, 1.54) is 43.2 Å². The van der Waals surface area contributed by atoms with Gasteiger partial charge in [0.05, 0.1) is 24.5 Å². The molecule has 0 radical (unpaired) electrons. The molecule has 0 aliphatic carbocycles. The summed E-state index contributed by atoms with van der Waals surface area (Å²) in [5.41, 5.74) is 2.49. The molecule has 13 heteroatoms. The van der Waals surface area contributed by atoms with Crippen molar-refractivity contribution < 1.29 is 28.7 Å². The van der Waals surface area contributed by atoms with Crippen LogP contribution in [0.2, 0.25) is 5.02 Å². The summed E-state index contributed by atoms with van der Waals surface area (Å²) in [4.78, 5) is 68.2. The number of carbonyl (C=O) groups is 5. The molecule has 1 unspecified atom stereocenters. The Bertz CT molecular complexity index is 1960. The second kappa shape index (κ2) is 16.7. The number of anilines is 2. The monoisotopic (exact) mass is 730 g/mol. The smallest absolute Gasteiger partial charge is 0.341 e. The predicted molar refractivity (Wildman–Crippen MR) is 197 cm³/mol. The van der Waals surface area contributed by atoms with Crippen LogP contribution in [0.1, 0.15) is 57.0 Å². The van der Waals surface area contributed by atoms with Crippen molar-refractivity contribution in [3.63, 3.8) is 0 Å². The molecular formula is C37H35ClN4O6S2. The van der Waals surface area contributed by atoms with Gasteiger partial charge in [0.1, 0.15) is 10.7 Å². The van der Waals surface area contributed by atoms with Crippen molar-refractivity contribution in [2.45, 2.75) is 43.4 Å². The van der Waals surface area contributed by atoms with Gasteiger partial charge in [-0.3, -0.25) is 19.2 Å². The molecular weight excluding hydrogens is 696 g/mol. The Hall–Kier alpha value is -4.91. The number of ether oxygens (including phenoxy) is 1. The number of hydrogen-bond donors (Lipinski definition) is 3. The first-order valence-electron chi connectivity index (χ1n) is 15.8. The van der Waals surface area contributed by atoms with Crippen molar-refractivity contribution in [3.05, 3.63) is 117 Å². The number of rotatable bonds is 11. The number of fused-ring (bicyclic) bond motifs is 1. The number of hydrogen-bond acceptors (Lipinski definition) is 8. The number of benzene rings is 3. The lowest BCUT2D eigenvalue weighted by atomic mass is 10.0. The van der Waals surface area contributed by atoms with Crippen LogP contribution in [0.4, 0.5) is 10.7 Å². The topological polar surface area (TPSA) is 134 Å². The highest BCUT2D eigenvalue weighted by Crippen LogP contribution is 2.38. The van der Waals surface area contributed by atoms with E-state index in [9.17, 15) is 24.0 Å². The third-order valence-corrected chi connectivity index (χ3v) is 10.7. The molecule has 4 amide bonds. The van der Waals surface area contributed by atoms with Gasteiger partial charge in [0, 0.05) is 39.5 Å². The van der Waals surface area contributed by atoms with Gasteiger partial charge in [-0.1, -0.05) is 61.0 Å². The Labute approximate surface area is 303 Å². The molecule has 1 aromatic heterocycles. The van der Waals surface area contributed by atoms with Crippen molar-refractivity contribution in [2.75, 3.05) is 24.3 Å². The minimum atomic E-state index is -0.568. The third-order valence-electron chi connectivity index (χ3n) is 7.90. The average molecular weight is 731 g/mol. The van der Waals surface area contributed by atoms with E-state index < -0.39 is 23.0 Å². The average Bonchev–Trinajstić information content (AvgIpc) is 3.48. The molecule has 50 heavy (non-hydrogen) atoms. The number of esters is 1. The number of carbonyl (C=O) groups excluding carboxylic acids is 5. The molecule has 10 nitrogen and oxygen atoms in total. The molecule has 3 aromatic carbocycles. The van der Waals surface area contributed by atoms with Crippen LogP contribution in [-0.2, 0) is 32.1 Å². The Kier molecular flexibility index (Phi) is 12.1. The SMILES string of the molecule is CCC(Sc1cccc(NC(=O)/C(=C\c2ccccc2Cl)NC(=O)c2ccccc2)c1)C(=O)Nc1sc2c(c1C(=O)OC)CCN(C(C)=O)C2.